The van der Waals surface area contributed by atoms with Crippen molar-refractivity contribution in [3.8, 4) is 0 Å². The Morgan fingerprint density at radius 1 is 1.09 bits per heavy atom. The lowest BCUT2D eigenvalue weighted by molar-refractivity contribution is 0.0946. The smallest absolute Gasteiger partial charge is 0.254 e. The van der Waals surface area contributed by atoms with Crippen LogP contribution >= 0.6 is 22.7 Å². The van der Waals surface area contributed by atoms with Gasteiger partial charge >= 0.3 is 0 Å². The van der Waals surface area contributed by atoms with Crippen LogP contribution in [-0.4, -0.2) is 11.7 Å². The monoisotopic (exact) mass is 345 g/mol. The number of hydrogen-bond acceptors (Lipinski definition) is 4. The molecule has 3 aromatic rings. The molecule has 2 aromatic heterocycles. The van der Waals surface area contributed by atoms with Gasteiger partial charge in [-0.1, -0.05) is 12.1 Å². The zero-order chi connectivity index (χ0) is 16.2. The van der Waals surface area contributed by atoms with Gasteiger partial charge in [0.1, 0.15) is 5.82 Å². The van der Waals surface area contributed by atoms with Crippen LogP contribution in [0.1, 0.15) is 30.5 Å². The Morgan fingerprint density at radius 2 is 1.91 bits per heavy atom. The highest BCUT2D eigenvalue weighted by atomic mass is 32.1. The lowest BCUT2D eigenvalue weighted by Crippen LogP contribution is -2.23. The largest absolute Gasteiger partial charge is 0.347 e. The van der Waals surface area contributed by atoms with Gasteiger partial charge in [-0.05, 0) is 35.7 Å². The first-order valence-corrected chi connectivity index (χ1v) is 8.59. The number of rotatable bonds is 5. The van der Waals surface area contributed by atoms with Crippen LogP contribution in [0, 0.1) is 5.82 Å². The van der Waals surface area contributed by atoms with Crippen molar-refractivity contribution in [1.29, 1.82) is 0 Å². The van der Waals surface area contributed by atoms with Crippen molar-refractivity contribution in [1.82, 2.24) is 5.32 Å². The van der Waals surface area contributed by atoms with Crippen LogP contribution in [0.2, 0.25) is 0 Å². The summed E-state index contributed by atoms with van der Waals surface area (Å²) in [5.74, 6) is -1.05. The molecular weight excluding hydrogens is 333 g/mol. The zero-order valence-corrected chi connectivity index (χ0v) is 13.5. The molecule has 116 valence electrons. The van der Waals surface area contributed by atoms with Crippen LogP contribution in [0.15, 0.2) is 53.2 Å². The average Bonchev–Trinajstić information content (AvgIpc) is 3.24. The number of amides is 1. The molecule has 0 aliphatic carbocycles. The average molecular weight is 345 g/mol. The van der Waals surface area contributed by atoms with Crippen LogP contribution in [0.5, 0.6) is 0 Å². The molecule has 0 saturated heterocycles. The molecule has 23 heavy (non-hydrogen) atoms. The minimum atomic E-state index is -0.551. The molecule has 0 saturated carbocycles. The van der Waals surface area contributed by atoms with Gasteiger partial charge in [-0.3, -0.25) is 9.59 Å². The van der Waals surface area contributed by atoms with E-state index in [1.54, 1.807) is 24.3 Å². The molecule has 2 heterocycles. The molecular formula is C17H12FNO2S2. The van der Waals surface area contributed by atoms with E-state index in [0.717, 1.165) is 4.88 Å². The highest BCUT2D eigenvalue weighted by Gasteiger charge is 2.14. The third-order valence-electron chi connectivity index (χ3n) is 3.21. The van der Waals surface area contributed by atoms with Gasteiger partial charge in [0, 0.05) is 15.8 Å². The molecule has 1 amide bonds. The van der Waals surface area contributed by atoms with Gasteiger partial charge in [-0.25, -0.2) is 4.39 Å². The third kappa shape index (κ3) is 3.55. The Kier molecular flexibility index (Phi) is 4.64. The molecule has 0 aliphatic rings. The predicted molar refractivity (Wildman–Crippen MR) is 89.6 cm³/mol. The van der Waals surface area contributed by atoms with Crippen LogP contribution in [0.25, 0.3) is 0 Å². The lowest BCUT2D eigenvalue weighted by Gasteiger charge is -2.04. The van der Waals surface area contributed by atoms with E-state index in [9.17, 15) is 14.0 Å². The van der Waals surface area contributed by atoms with Crippen LogP contribution in [-0.2, 0) is 6.54 Å². The number of ketones is 1. The minimum Gasteiger partial charge on any atom is -0.347 e. The highest BCUT2D eigenvalue weighted by Crippen LogP contribution is 2.21. The maximum atomic E-state index is 13.5. The van der Waals surface area contributed by atoms with Gasteiger partial charge < -0.3 is 5.32 Å². The molecule has 0 radical (unpaired) electrons. The van der Waals surface area contributed by atoms with Crippen molar-refractivity contribution in [2.24, 2.45) is 0 Å². The Labute approximate surface area is 140 Å². The van der Waals surface area contributed by atoms with Crippen LogP contribution in [0.3, 0.4) is 0 Å². The van der Waals surface area contributed by atoms with Gasteiger partial charge in [-0.2, -0.15) is 11.3 Å². The summed E-state index contributed by atoms with van der Waals surface area (Å²) in [6.07, 6.45) is 0. The fraction of sp³-hybridized carbons (Fsp3) is 0.0588. The van der Waals surface area contributed by atoms with E-state index < -0.39 is 11.7 Å². The maximum absolute atomic E-state index is 13.5. The van der Waals surface area contributed by atoms with E-state index in [1.807, 2.05) is 10.8 Å². The number of carbonyl (C=O) groups excluding carboxylic acids is 2. The first kappa shape index (κ1) is 15.6. The number of benzene rings is 1. The van der Waals surface area contributed by atoms with E-state index >= 15 is 0 Å². The number of halogens is 1. The summed E-state index contributed by atoms with van der Waals surface area (Å²) in [5, 5.41) is 6.33. The maximum Gasteiger partial charge on any atom is 0.254 e. The Morgan fingerprint density at radius 3 is 2.65 bits per heavy atom. The Hall–Kier alpha value is -2.31. The Balaban J connectivity index is 1.65. The van der Waals surface area contributed by atoms with Crippen LogP contribution < -0.4 is 5.32 Å². The van der Waals surface area contributed by atoms with E-state index in [-0.39, 0.29) is 17.9 Å². The summed E-state index contributed by atoms with van der Waals surface area (Å²) in [7, 11) is 0. The summed E-state index contributed by atoms with van der Waals surface area (Å²) >= 11 is 2.80. The van der Waals surface area contributed by atoms with Crippen molar-refractivity contribution < 1.29 is 14.0 Å². The predicted octanol–water partition coefficient (Wildman–Crippen LogP) is 4.11. The van der Waals surface area contributed by atoms with Crippen molar-refractivity contribution in [3.05, 3.63) is 79.9 Å². The van der Waals surface area contributed by atoms with Crippen molar-refractivity contribution in [2.45, 2.75) is 6.54 Å². The quantitative estimate of drug-likeness (QED) is 0.707. The normalized spacial score (nSPS) is 10.5. The summed E-state index contributed by atoms with van der Waals surface area (Å²) in [4.78, 5) is 25.6. The van der Waals surface area contributed by atoms with Crippen molar-refractivity contribution in [2.75, 3.05) is 0 Å². The van der Waals surface area contributed by atoms with Gasteiger partial charge in [-0.15, -0.1) is 11.3 Å². The SMILES string of the molecule is O=C(c1ccsc1)c1ccc(CNC(=O)c2ccccc2F)s1. The molecule has 0 fully saturated rings. The molecule has 3 nitrogen and oxygen atoms in total. The third-order valence-corrected chi connectivity index (χ3v) is 4.98. The molecule has 6 heteroatoms. The summed E-state index contributed by atoms with van der Waals surface area (Å²) in [6, 6.07) is 11.2. The fourth-order valence-electron chi connectivity index (χ4n) is 2.04. The van der Waals surface area contributed by atoms with Gasteiger partial charge in [0.2, 0.25) is 5.78 Å². The van der Waals surface area contributed by atoms with Crippen LogP contribution in [0.4, 0.5) is 4.39 Å². The van der Waals surface area contributed by atoms with Gasteiger partial charge in [0.25, 0.3) is 5.91 Å². The molecule has 0 spiro atoms. The van der Waals surface area contributed by atoms with E-state index in [0.29, 0.717) is 10.4 Å². The van der Waals surface area contributed by atoms with Crippen molar-refractivity contribution >= 4 is 34.4 Å². The fourth-order valence-corrected chi connectivity index (χ4v) is 3.58. The highest BCUT2D eigenvalue weighted by molar-refractivity contribution is 7.14. The Bertz CT molecular complexity index is 840. The van der Waals surface area contributed by atoms with E-state index in [2.05, 4.69) is 5.32 Å². The summed E-state index contributed by atoms with van der Waals surface area (Å²) < 4.78 is 13.5. The minimum absolute atomic E-state index is 0.0126. The molecule has 0 aliphatic heterocycles. The number of thiophene rings is 2. The summed E-state index contributed by atoms with van der Waals surface area (Å²) in [5.41, 5.74) is 0.678. The van der Waals surface area contributed by atoms with Crippen molar-refractivity contribution in [3.63, 3.8) is 0 Å². The molecule has 3 rings (SSSR count). The molecule has 0 bridgehead atoms. The molecule has 0 unspecified atom stereocenters. The van der Waals surface area contributed by atoms with Gasteiger partial charge in [0.05, 0.1) is 17.0 Å². The topological polar surface area (TPSA) is 46.2 Å². The second kappa shape index (κ2) is 6.85. The molecule has 1 aromatic carbocycles. The second-order valence-corrected chi connectivity index (χ2v) is 6.72. The number of carbonyl (C=O) groups is 2. The summed E-state index contributed by atoms with van der Waals surface area (Å²) in [6.45, 7) is 0.259. The first-order valence-electron chi connectivity index (χ1n) is 6.83. The van der Waals surface area contributed by atoms with Gasteiger partial charge in [0.15, 0.2) is 0 Å². The molecule has 1 N–H and O–H groups in total. The molecule has 0 atom stereocenters. The number of nitrogens with one attached hydrogen (secondary N) is 1. The van der Waals surface area contributed by atoms with E-state index in [4.69, 9.17) is 0 Å². The zero-order valence-electron chi connectivity index (χ0n) is 11.9. The standard InChI is InChI=1S/C17H12FNO2S2/c18-14-4-2-1-3-13(14)17(21)19-9-12-5-6-15(23-12)16(20)11-7-8-22-10-11/h1-8,10H,9H2,(H,19,21). The lowest BCUT2D eigenvalue weighted by atomic mass is 10.2. The first-order chi connectivity index (χ1) is 11.1. The second-order valence-electron chi connectivity index (χ2n) is 4.77. The number of hydrogen-bond donors (Lipinski definition) is 1. The van der Waals surface area contributed by atoms with E-state index in [1.165, 1.54) is 40.9 Å².